The number of nitrogens with two attached hydrogens (primary N) is 1. The van der Waals surface area contributed by atoms with Crippen LogP contribution in [0.15, 0.2) is 24.3 Å². The van der Waals surface area contributed by atoms with Crippen LogP contribution < -0.4 is 5.73 Å². The van der Waals surface area contributed by atoms with E-state index in [0.717, 1.165) is 6.42 Å². The minimum Gasteiger partial charge on any atom is -0.379 e. The van der Waals surface area contributed by atoms with Gasteiger partial charge in [0.25, 0.3) is 0 Å². The van der Waals surface area contributed by atoms with Gasteiger partial charge >= 0.3 is 0 Å². The number of ether oxygens (including phenoxy) is 1. The normalized spacial score (nSPS) is 15.6. The second kappa shape index (κ2) is 5.65. The van der Waals surface area contributed by atoms with Crippen molar-refractivity contribution in [3.05, 3.63) is 35.4 Å². The molecule has 0 bridgehead atoms. The van der Waals surface area contributed by atoms with Crippen LogP contribution in [0.25, 0.3) is 0 Å². The number of benzene rings is 1. The SMILES string of the molecule is COC(C(N)Cc1ccc(C)cc1)C(C)(C)C. The molecule has 0 heterocycles. The quantitative estimate of drug-likeness (QED) is 0.871. The van der Waals surface area contributed by atoms with Gasteiger partial charge in [0.05, 0.1) is 6.10 Å². The zero-order valence-corrected chi connectivity index (χ0v) is 11.7. The summed E-state index contributed by atoms with van der Waals surface area (Å²) in [5, 5.41) is 0. The van der Waals surface area contributed by atoms with Crippen molar-refractivity contribution in [1.29, 1.82) is 0 Å². The van der Waals surface area contributed by atoms with Gasteiger partial charge in [-0.05, 0) is 24.3 Å². The summed E-state index contributed by atoms with van der Waals surface area (Å²) in [6.45, 7) is 8.58. The van der Waals surface area contributed by atoms with Gasteiger partial charge in [0.1, 0.15) is 0 Å². The third kappa shape index (κ3) is 4.14. The fourth-order valence-electron chi connectivity index (χ4n) is 2.27. The standard InChI is InChI=1S/C15H25NO/c1-11-6-8-12(9-7-11)10-13(16)14(17-5)15(2,3)4/h6-9,13-14H,10,16H2,1-5H3. The van der Waals surface area contributed by atoms with E-state index in [-0.39, 0.29) is 17.6 Å². The van der Waals surface area contributed by atoms with Crippen molar-refractivity contribution in [3.8, 4) is 0 Å². The summed E-state index contributed by atoms with van der Waals surface area (Å²) >= 11 is 0. The highest BCUT2D eigenvalue weighted by Gasteiger charge is 2.30. The molecule has 0 aromatic heterocycles. The molecule has 0 fully saturated rings. The summed E-state index contributed by atoms with van der Waals surface area (Å²) in [4.78, 5) is 0. The Morgan fingerprint density at radius 3 is 2.12 bits per heavy atom. The molecule has 0 saturated heterocycles. The molecule has 0 aliphatic heterocycles. The molecule has 2 N–H and O–H groups in total. The third-order valence-corrected chi connectivity index (χ3v) is 3.09. The fourth-order valence-corrected chi connectivity index (χ4v) is 2.27. The zero-order chi connectivity index (χ0) is 13.1. The minimum atomic E-state index is 0.0303. The first kappa shape index (κ1) is 14.2. The van der Waals surface area contributed by atoms with E-state index in [1.807, 2.05) is 0 Å². The fraction of sp³-hybridized carbons (Fsp3) is 0.600. The van der Waals surface area contributed by atoms with E-state index in [1.165, 1.54) is 11.1 Å². The highest BCUT2D eigenvalue weighted by molar-refractivity contribution is 5.22. The summed E-state index contributed by atoms with van der Waals surface area (Å²) in [6, 6.07) is 8.57. The summed E-state index contributed by atoms with van der Waals surface area (Å²) in [5.74, 6) is 0. The van der Waals surface area contributed by atoms with Crippen molar-refractivity contribution in [2.24, 2.45) is 11.1 Å². The van der Waals surface area contributed by atoms with Crippen LogP contribution in [0.2, 0.25) is 0 Å². The predicted octanol–water partition coefficient (Wildman–Crippen LogP) is 2.93. The first-order chi connectivity index (χ1) is 7.84. The van der Waals surface area contributed by atoms with E-state index in [4.69, 9.17) is 10.5 Å². The molecule has 1 rings (SSSR count). The zero-order valence-electron chi connectivity index (χ0n) is 11.7. The van der Waals surface area contributed by atoms with E-state index >= 15 is 0 Å². The summed E-state index contributed by atoms with van der Waals surface area (Å²) in [7, 11) is 1.74. The Bertz CT molecular complexity index is 337. The number of aryl methyl sites for hydroxylation is 1. The van der Waals surface area contributed by atoms with Gasteiger partial charge in [-0.15, -0.1) is 0 Å². The van der Waals surface area contributed by atoms with Crippen molar-refractivity contribution in [1.82, 2.24) is 0 Å². The van der Waals surface area contributed by atoms with E-state index in [2.05, 4.69) is 52.0 Å². The van der Waals surface area contributed by atoms with E-state index < -0.39 is 0 Å². The Morgan fingerprint density at radius 2 is 1.71 bits per heavy atom. The van der Waals surface area contributed by atoms with Crippen LogP contribution in [0.5, 0.6) is 0 Å². The molecular weight excluding hydrogens is 210 g/mol. The lowest BCUT2D eigenvalue weighted by Gasteiger charge is -2.34. The molecule has 2 nitrogen and oxygen atoms in total. The average Bonchev–Trinajstić information content (AvgIpc) is 2.20. The predicted molar refractivity (Wildman–Crippen MR) is 73.1 cm³/mol. The maximum absolute atomic E-state index is 6.26. The van der Waals surface area contributed by atoms with Crippen molar-refractivity contribution in [2.45, 2.75) is 46.3 Å². The lowest BCUT2D eigenvalue weighted by Crippen LogP contribution is -2.46. The molecule has 1 aromatic rings. The number of hydrogen-bond donors (Lipinski definition) is 1. The van der Waals surface area contributed by atoms with Crippen LogP contribution in [0, 0.1) is 12.3 Å². The monoisotopic (exact) mass is 235 g/mol. The van der Waals surface area contributed by atoms with E-state index in [9.17, 15) is 0 Å². The largest absolute Gasteiger partial charge is 0.379 e. The Morgan fingerprint density at radius 1 is 1.18 bits per heavy atom. The molecule has 0 saturated carbocycles. The Labute approximate surface area is 105 Å². The lowest BCUT2D eigenvalue weighted by molar-refractivity contribution is -0.00165. The molecule has 2 atom stereocenters. The molecule has 0 aliphatic rings. The topological polar surface area (TPSA) is 35.2 Å². The van der Waals surface area contributed by atoms with Gasteiger partial charge in [-0.25, -0.2) is 0 Å². The van der Waals surface area contributed by atoms with Gasteiger partial charge in [0.15, 0.2) is 0 Å². The van der Waals surface area contributed by atoms with Crippen LogP contribution in [0.4, 0.5) is 0 Å². The molecule has 0 radical (unpaired) electrons. The van der Waals surface area contributed by atoms with Crippen molar-refractivity contribution < 1.29 is 4.74 Å². The molecule has 0 spiro atoms. The molecule has 17 heavy (non-hydrogen) atoms. The molecule has 2 heteroatoms. The first-order valence-corrected chi connectivity index (χ1v) is 6.18. The number of hydrogen-bond acceptors (Lipinski definition) is 2. The van der Waals surface area contributed by atoms with Crippen LogP contribution in [0.3, 0.4) is 0 Å². The molecule has 1 aromatic carbocycles. The van der Waals surface area contributed by atoms with Gasteiger partial charge in [-0.2, -0.15) is 0 Å². The lowest BCUT2D eigenvalue weighted by atomic mass is 9.83. The molecule has 0 amide bonds. The Balaban J connectivity index is 2.70. The number of rotatable bonds is 4. The number of methoxy groups -OCH3 is 1. The highest BCUT2D eigenvalue weighted by Crippen LogP contribution is 2.25. The third-order valence-electron chi connectivity index (χ3n) is 3.09. The Hall–Kier alpha value is -0.860. The second-order valence-electron chi connectivity index (χ2n) is 5.88. The van der Waals surface area contributed by atoms with Crippen molar-refractivity contribution in [2.75, 3.05) is 7.11 Å². The van der Waals surface area contributed by atoms with Gasteiger partial charge in [-0.3, -0.25) is 0 Å². The smallest absolute Gasteiger partial charge is 0.0773 e. The molecule has 0 aliphatic carbocycles. The summed E-state index contributed by atoms with van der Waals surface area (Å²) < 4.78 is 5.55. The van der Waals surface area contributed by atoms with E-state index in [0.29, 0.717) is 0 Å². The summed E-state index contributed by atoms with van der Waals surface area (Å²) in [5.41, 5.74) is 8.88. The average molecular weight is 235 g/mol. The second-order valence-corrected chi connectivity index (χ2v) is 5.88. The van der Waals surface area contributed by atoms with Gasteiger partial charge < -0.3 is 10.5 Å². The van der Waals surface area contributed by atoms with Crippen LogP contribution >= 0.6 is 0 Å². The van der Waals surface area contributed by atoms with Gasteiger partial charge in [-0.1, -0.05) is 50.6 Å². The molecule has 96 valence electrons. The molecule has 2 unspecified atom stereocenters. The minimum absolute atomic E-state index is 0.0303. The van der Waals surface area contributed by atoms with Gasteiger partial charge in [0.2, 0.25) is 0 Å². The van der Waals surface area contributed by atoms with Crippen LogP contribution in [0.1, 0.15) is 31.9 Å². The van der Waals surface area contributed by atoms with Crippen molar-refractivity contribution >= 4 is 0 Å². The van der Waals surface area contributed by atoms with E-state index in [1.54, 1.807) is 7.11 Å². The maximum Gasteiger partial charge on any atom is 0.0773 e. The maximum atomic E-state index is 6.26. The molecular formula is C15H25NO. The highest BCUT2D eigenvalue weighted by atomic mass is 16.5. The summed E-state index contributed by atoms with van der Waals surface area (Å²) in [6.07, 6.45) is 0.930. The first-order valence-electron chi connectivity index (χ1n) is 6.18. The van der Waals surface area contributed by atoms with Crippen LogP contribution in [-0.4, -0.2) is 19.3 Å². The van der Waals surface area contributed by atoms with Crippen molar-refractivity contribution in [3.63, 3.8) is 0 Å². The Kier molecular flexibility index (Phi) is 4.72. The van der Waals surface area contributed by atoms with Gasteiger partial charge in [0, 0.05) is 13.2 Å². The van der Waals surface area contributed by atoms with Crippen LogP contribution in [-0.2, 0) is 11.2 Å².